The van der Waals surface area contributed by atoms with Crippen LogP contribution in [0.25, 0.3) is 0 Å². The predicted molar refractivity (Wildman–Crippen MR) is 79.8 cm³/mol. The molecular weight excluding hydrogens is 299 g/mol. The normalized spacial score (nSPS) is 21.6. The predicted octanol–water partition coefficient (Wildman–Crippen LogP) is 3.98. The van der Waals surface area contributed by atoms with Crippen LogP contribution >= 0.6 is 11.3 Å². The molecule has 120 valence electrons. The van der Waals surface area contributed by atoms with Crippen molar-refractivity contribution < 1.29 is 13.2 Å². The Balaban J connectivity index is 2.00. The maximum Gasteiger partial charge on any atom is 0.393 e. The van der Waals surface area contributed by atoms with Crippen molar-refractivity contribution in [3.8, 4) is 0 Å². The van der Waals surface area contributed by atoms with Gasteiger partial charge in [-0.3, -0.25) is 0 Å². The highest BCUT2D eigenvalue weighted by atomic mass is 32.1. The minimum Gasteiger partial charge on any atom is -0.347 e. The Bertz CT molecular complexity index is 447. The Hall–Kier alpha value is -0.820. The van der Waals surface area contributed by atoms with Gasteiger partial charge in [-0.15, -0.1) is 11.3 Å². The van der Waals surface area contributed by atoms with E-state index in [4.69, 9.17) is 0 Å². The van der Waals surface area contributed by atoms with E-state index in [9.17, 15) is 13.2 Å². The Kier molecular flexibility index (Phi) is 5.48. The number of aromatic nitrogens is 1. The number of piperidine rings is 1. The fraction of sp³-hybridized carbons (Fsp3) is 0.786. The highest BCUT2D eigenvalue weighted by molar-refractivity contribution is 7.13. The number of nitrogens with zero attached hydrogens (tertiary/aromatic N) is 2. The molecule has 7 heteroatoms. The summed E-state index contributed by atoms with van der Waals surface area (Å²) in [7, 11) is 0. The molecule has 3 nitrogen and oxygen atoms in total. The second-order valence-corrected chi connectivity index (χ2v) is 6.39. The van der Waals surface area contributed by atoms with E-state index in [-0.39, 0.29) is 19.0 Å². The van der Waals surface area contributed by atoms with Crippen LogP contribution in [0.5, 0.6) is 0 Å². The van der Waals surface area contributed by atoms with E-state index in [2.05, 4.69) is 17.2 Å². The summed E-state index contributed by atoms with van der Waals surface area (Å²) in [4.78, 5) is 6.30. The highest BCUT2D eigenvalue weighted by Gasteiger charge is 2.42. The first-order valence-electron chi connectivity index (χ1n) is 7.42. The SMILES string of the molecule is CCCNC(C)c1csc(N2CCCC(C(F)(F)F)C2)n1. The molecule has 1 aromatic rings. The quantitative estimate of drug-likeness (QED) is 0.889. The number of thiazole rings is 1. The molecule has 2 atom stereocenters. The lowest BCUT2D eigenvalue weighted by atomic mass is 9.98. The van der Waals surface area contributed by atoms with Crippen LogP contribution in [0, 0.1) is 5.92 Å². The summed E-state index contributed by atoms with van der Waals surface area (Å²) in [5.74, 6) is -1.23. The number of rotatable bonds is 5. The lowest BCUT2D eigenvalue weighted by Crippen LogP contribution is -2.41. The van der Waals surface area contributed by atoms with E-state index in [0.717, 1.165) is 18.7 Å². The Labute approximate surface area is 127 Å². The van der Waals surface area contributed by atoms with E-state index >= 15 is 0 Å². The van der Waals surface area contributed by atoms with Gasteiger partial charge in [0, 0.05) is 24.5 Å². The van der Waals surface area contributed by atoms with Gasteiger partial charge < -0.3 is 10.2 Å². The van der Waals surface area contributed by atoms with Crippen LogP contribution in [0.3, 0.4) is 0 Å². The zero-order chi connectivity index (χ0) is 15.5. The molecular formula is C14H22F3N3S. The van der Waals surface area contributed by atoms with Gasteiger partial charge in [-0.1, -0.05) is 6.92 Å². The lowest BCUT2D eigenvalue weighted by molar-refractivity contribution is -0.175. The summed E-state index contributed by atoms with van der Waals surface area (Å²) in [6, 6.07) is 0.137. The van der Waals surface area contributed by atoms with Gasteiger partial charge in [-0.2, -0.15) is 13.2 Å². The number of nitrogens with one attached hydrogen (secondary N) is 1. The molecule has 0 spiro atoms. The Morgan fingerprint density at radius 2 is 2.29 bits per heavy atom. The summed E-state index contributed by atoms with van der Waals surface area (Å²) in [5, 5.41) is 6.00. The second-order valence-electron chi connectivity index (χ2n) is 5.56. The monoisotopic (exact) mass is 321 g/mol. The van der Waals surface area contributed by atoms with E-state index in [1.165, 1.54) is 11.3 Å². The summed E-state index contributed by atoms with van der Waals surface area (Å²) >= 11 is 1.44. The van der Waals surface area contributed by atoms with Gasteiger partial charge in [-0.05, 0) is 32.7 Å². The third kappa shape index (κ3) is 4.32. The van der Waals surface area contributed by atoms with Crippen molar-refractivity contribution in [3.63, 3.8) is 0 Å². The minimum atomic E-state index is -4.10. The van der Waals surface area contributed by atoms with E-state index in [0.29, 0.717) is 18.1 Å². The standard InChI is InChI=1S/C14H22F3N3S/c1-3-6-18-10(2)12-9-21-13(19-12)20-7-4-5-11(8-20)14(15,16)17/h9-11,18H,3-8H2,1-2H3. The summed E-state index contributed by atoms with van der Waals surface area (Å²) in [6.45, 7) is 5.73. The minimum absolute atomic E-state index is 0.0349. The molecule has 0 saturated carbocycles. The molecule has 2 rings (SSSR count). The zero-order valence-corrected chi connectivity index (χ0v) is 13.2. The molecule has 21 heavy (non-hydrogen) atoms. The van der Waals surface area contributed by atoms with Gasteiger partial charge in [0.25, 0.3) is 0 Å². The Morgan fingerprint density at radius 1 is 1.52 bits per heavy atom. The molecule has 0 amide bonds. The molecule has 1 aliphatic rings. The van der Waals surface area contributed by atoms with Crippen molar-refractivity contribution in [3.05, 3.63) is 11.1 Å². The molecule has 2 unspecified atom stereocenters. The maximum absolute atomic E-state index is 12.8. The largest absolute Gasteiger partial charge is 0.393 e. The molecule has 0 radical (unpaired) electrons. The van der Waals surface area contributed by atoms with Crippen LogP contribution in [0.15, 0.2) is 5.38 Å². The first kappa shape index (κ1) is 16.5. The van der Waals surface area contributed by atoms with E-state index in [1.807, 2.05) is 12.3 Å². The van der Waals surface area contributed by atoms with Crippen molar-refractivity contribution in [2.24, 2.45) is 5.92 Å². The summed E-state index contributed by atoms with van der Waals surface area (Å²) in [6.07, 6.45) is -2.26. The third-order valence-corrected chi connectivity index (χ3v) is 4.73. The van der Waals surface area contributed by atoms with Crippen LogP contribution in [-0.2, 0) is 0 Å². The van der Waals surface area contributed by atoms with Gasteiger partial charge in [0.05, 0.1) is 11.6 Å². The molecule has 0 bridgehead atoms. The van der Waals surface area contributed by atoms with Crippen molar-refractivity contribution in [1.82, 2.24) is 10.3 Å². The maximum atomic E-state index is 12.8. The second kappa shape index (κ2) is 6.96. The van der Waals surface area contributed by atoms with Crippen LogP contribution in [0.4, 0.5) is 18.3 Å². The molecule has 1 saturated heterocycles. The summed E-state index contributed by atoms with van der Waals surface area (Å²) < 4.78 is 38.5. The van der Waals surface area contributed by atoms with Gasteiger partial charge in [0.1, 0.15) is 0 Å². The third-order valence-electron chi connectivity index (χ3n) is 3.81. The fourth-order valence-corrected chi connectivity index (χ4v) is 3.46. The molecule has 2 heterocycles. The number of alkyl halides is 3. The fourth-order valence-electron chi connectivity index (χ4n) is 2.50. The molecule has 0 aliphatic carbocycles. The van der Waals surface area contributed by atoms with Crippen LogP contribution in [-0.4, -0.2) is 30.8 Å². The van der Waals surface area contributed by atoms with Crippen molar-refractivity contribution in [1.29, 1.82) is 0 Å². The summed E-state index contributed by atoms with van der Waals surface area (Å²) in [5.41, 5.74) is 0.914. The molecule has 0 aromatic carbocycles. The van der Waals surface area contributed by atoms with Gasteiger partial charge in [0.2, 0.25) is 0 Å². The molecule has 1 N–H and O–H groups in total. The van der Waals surface area contributed by atoms with E-state index < -0.39 is 12.1 Å². The van der Waals surface area contributed by atoms with Crippen LogP contribution in [0.1, 0.15) is 44.8 Å². The molecule has 1 aliphatic heterocycles. The smallest absolute Gasteiger partial charge is 0.347 e. The van der Waals surface area contributed by atoms with Gasteiger partial charge in [0.15, 0.2) is 5.13 Å². The van der Waals surface area contributed by atoms with Crippen LogP contribution < -0.4 is 10.2 Å². The average Bonchev–Trinajstić information content (AvgIpc) is 2.94. The first-order valence-corrected chi connectivity index (χ1v) is 8.30. The van der Waals surface area contributed by atoms with Gasteiger partial charge >= 0.3 is 6.18 Å². The van der Waals surface area contributed by atoms with Crippen molar-refractivity contribution in [2.45, 2.75) is 45.3 Å². The van der Waals surface area contributed by atoms with Crippen molar-refractivity contribution in [2.75, 3.05) is 24.5 Å². The highest BCUT2D eigenvalue weighted by Crippen LogP contribution is 2.35. The number of hydrogen-bond donors (Lipinski definition) is 1. The average molecular weight is 321 g/mol. The topological polar surface area (TPSA) is 28.2 Å². The number of anilines is 1. The molecule has 1 fully saturated rings. The van der Waals surface area contributed by atoms with E-state index in [1.54, 1.807) is 4.90 Å². The zero-order valence-electron chi connectivity index (χ0n) is 12.4. The molecule has 1 aromatic heterocycles. The van der Waals surface area contributed by atoms with Gasteiger partial charge in [-0.25, -0.2) is 4.98 Å². The Morgan fingerprint density at radius 3 is 2.95 bits per heavy atom. The first-order chi connectivity index (χ1) is 9.91. The number of hydrogen-bond acceptors (Lipinski definition) is 4. The van der Waals surface area contributed by atoms with Crippen molar-refractivity contribution >= 4 is 16.5 Å². The lowest BCUT2D eigenvalue weighted by Gasteiger charge is -2.33. The number of halogens is 3. The van der Waals surface area contributed by atoms with Crippen LogP contribution in [0.2, 0.25) is 0 Å².